The lowest BCUT2D eigenvalue weighted by Gasteiger charge is -2.32. The van der Waals surface area contributed by atoms with Gasteiger partial charge >= 0.3 is 0 Å². The lowest BCUT2D eigenvalue weighted by Crippen LogP contribution is -2.51. The second kappa shape index (κ2) is 13.0. The van der Waals surface area contributed by atoms with Crippen LogP contribution in [0.4, 0.5) is 5.69 Å². The average Bonchev–Trinajstić information content (AvgIpc) is 2.94. The van der Waals surface area contributed by atoms with E-state index in [1.54, 1.807) is 81.6 Å². The molecule has 0 spiro atoms. The molecule has 38 heavy (non-hydrogen) atoms. The number of likely N-dealkylation sites (N-methyl/N-ethyl adjacent to an activating group) is 1. The molecular weight excluding hydrogens is 506 g/mol. The third kappa shape index (κ3) is 6.83. The summed E-state index contributed by atoms with van der Waals surface area (Å²) in [5.74, 6) is 0.237. The van der Waals surface area contributed by atoms with Crippen molar-refractivity contribution in [2.45, 2.75) is 31.3 Å². The number of rotatable bonds is 12. The number of hydrogen-bond acceptors (Lipinski definition) is 6. The Labute approximate surface area is 224 Å². The number of sulfonamides is 1. The van der Waals surface area contributed by atoms with Gasteiger partial charge in [-0.05, 0) is 67.9 Å². The topological polar surface area (TPSA) is 105 Å². The zero-order chi connectivity index (χ0) is 27.7. The first kappa shape index (κ1) is 28.5. The van der Waals surface area contributed by atoms with Crippen LogP contribution in [0, 0.1) is 0 Å². The van der Waals surface area contributed by atoms with Gasteiger partial charge in [0.05, 0.1) is 24.8 Å². The number of para-hydroxylation sites is 1. The number of carbonyl (C=O) groups is 2. The number of nitrogens with zero attached hydrogens (tertiary/aromatic N) is 2. The second-order valence-corrected chi connectivity index (χ2v) is 10.3. The summed E-state index contributed by atoms with van der Waals surface area (Å²) in [4.78, 5) is 27.9. The van der Waals surface area contributed by atoms with E-state index in [1.807, 2.05) is 6.07 Å². The van der Waals surface area contributed by atoms with Gasteiger partial charge in [-0.15, -0.1) is 0 Å². The number of carbonyl (C=O) groups excluding carboxylic acids is 2. The quantitative estimate of drug-likeness (QED) is 0.378. The maximum atomic E-state index is 13.8. The summed E-state index contributed by atoms with van der Waals surface area (Å²) < 4.78 is 39.0. The molecule has 3 aromatic carbocycles. The van der Waals surface area contributed by atoms with Crippen LogP contribution in [0.3, 0.4) is 0 Å². The standard InChI is InChI=1S/C28H33N3O6S/c1-5-29-28(33)21(2)30(19-22-10-9-13-25(18-22)37-4)27(32)20-31(23-11-7-6-8-12-23)38(34,35)26-16-14-24(36-3)15-17-26/h6-18,21H,5,19-20H2,1-4H3,(H,29,33)/t21-/m0/s1. The number of nitrogens with one attached hydrogen (secondary N) is 1. The number of methoxy groups -OCH3 is 2. The summed E-state index contributed by atoms with van der Waals surface area (Å²) in [5, 5.41) is 2.74. The minimum atomic E-state index is -4.14. The molecule has 0 bridgehead atoms. The summed E-state index contributed by atoms with van der Waals surface area (Å²) in [6.07, 6.45) is 0. The SMILES string of the molecule is CCNC(=O)[C@H](C)N(Cc1cccc(OC)c1)C(=O)CN(c1ccccc1)S(=O)(=O)c1ccc(OC)cc1. The third-order valence-electron chi connectivity index (χ3n) is 5.98. The Balaban J connectivity index is 2.00. The molecule has 0 aliphatic rings. The molecule has 0 aliphatic carbocycles. The molecular formula is C28H33N3O6S. The zero-order valence-electron chi connectivity index (χ0n) is 22.0. The number of anilines is 1. The first-order chi connectivity index (χ1) is 18.2. The summed E-state index contributed by atoms with van der Waals surface area (Å²) in [6, 6.07) is 20.6. The molecule has 0 unspecified atom stereocenters. The van der Waals surface area contributed by atoms with Crippen molar-refractivity contribution in [1.82, 2.24) is 10.2 Å². The molecule has 10 heteroatoms. The van der Waals surface area contributed by atoms with Crippen molar-refractivity contribution in [2.24, 2.45) is 0 Å². The molecule has 0 saturated heterocycles. The lowest BCUT2D eigenvalue weighted by molar-refractivity contribution is -0.139. The van der Waals surface area contributed by atoms with Crippen LogP contribution in [0.1, 0.15) is 19.4 Å². The highest BCUT2D eigenvalue weighted by Gasteiger charge is 2.32. The maximum absolute atomic E-state index is 13.8. The first-order valence-corrected chi connectivity index (χ1v) is 13.6. The second-order valence-electron chi connectivity index (χ2n) is 8.47. The fraction of sp³-hybridized carbons (Fsp3) is 0.286. The predicted octanol–water partition coefficient (Wildman–Crippen LogP) is 3.45. The van der Waals surface area contributed by atoms with E-state index in [2.05, 4.69) is 5.32 Å². The highest BCUT2D eigenvalue weighted by Crippen LogP contribution is 2.26. The van der Waals surface area contributed by atoms with Crippen LogP contribution < -0.4 is 19.1 Å². The van der Waals surface area contributed by atoms with Gasteiger partial charge in [0, 0.05) is 13.1 Å². The molecule has 9 nitrogen and oxygen atoms in total. The van der Waals surface area contributed by atoms with Crippen molar-refractivity contribution in [1.29, 1.82) is 0 Å². The third-order valence-corrected chi connectivity index (χ3v) is 7.76. The molecule has 0 fully saturated rings. The van der Waals surface area contributed by atoms with E-state index in [1.165, 1.54) is 24.1 Å². The van der Waals surface area contributed by atoms with Crippen LogP contribution in [0.15, 0.2) is 83.8 Å². The summed E-state index contributed by atoms with van der Waals surface area (Å²) >= 11 is 0. The van der Waals surface area contributed by atoms with Gasteiger partial charge in [0.15, 0.2) is 0 Å². The van der Waals surface area contributed by atoms with E-state index in [-0.39, 0.29) is 17.3 Å². The predicted molar refractivity (Wildman–Crippen MR) is 146 cm³/mol. The van der Waals surface area contributed by atoms with Crippen molar-refractivity contribution >= 4 is 27.5 Å². The molecule has 0 aliphatic heterocycles. The van der Waals surface area contributed by atoms with E-state index in [0.717, 1.165) is 9.87 Å². The Kier molecular flexibility index (Phi) is 9.72. The molecule has 0 aromatic heterocycles. The van der Waals surface area contributed by atoms with Crippen molar-refractivity contribution in [3.63, 3.8) is 0 Å². The minimum absolute atomic E-state index is 0.00562. The van der Waals surface area contributed by atoms with E-state index >= 15 is 0 Å². The zero-order valence-corrected chi connectivity index (χ0v) is 22.8. The number of benzene rings is 3. The molecule has 3 rings (SSSR count). The smallest absolute Gasteiger partial charge is 0.264 e. The Morgan fingerprint density at radius 3 is 2.16 bits per heavy atom. The summed E-state index contributed by atoms with van der Waals surface area (Å²) in [5.41, 5.74) is 1.06. The van der Waals surface area contributed by atoms with Gasteiger partial charge in [-0.1, -0.05) is 30.3 Å². The molecule has 1 N–H and O–H groups in total. The normalized spacial score (nSPS) is 11.8. The Bertz CT molecular complexity index is 1330. The number of amides is 2. The lowest BCUT2D eigenvalue weighted by atomic mass is 10.1. The van der Waals surface area contributed by atoms with Crippen LogP contribution in [0.5, 0.6) is 11.5 Å². The van der Waals surface area contributed by atoms with Gasteiger partial charge in [-0.2, -0.15) is 0 Å². The summed E-state index contributed by atoms with van der Waals surface area (Å²) in [6.45, 7) is 3.38. The van der Waals surface area contributed by atoms with Gasteiger partial charge in [0.25, 0.3) is 10.0 Å². The van der Waals surface area contributed by atoms with E-state index in [9.17, 15) is 18.0 Å². The first-order valence-electron chi connectivity index (χ1n) is 12.1. The minimum Gasteiger partial charge on any atom is -0.497 e. The molecule has 2 amide bonds. The van der Waals surface area contributed by atoms with Gasteiger partial charge in [0.2, 0.25) is 11.8 Å². The van der Waals surface area contributed by atoms with E-state index in [0.29, 0.717) is 23.7 Å². The molecule has 1 atom stereocenters. The number of hydrogen-bond donors (Lipinski definition) is 1. The van der Waals surface area contributed by atoms with Crippen molar-refractivity contribution in [3.05, 3.63) is 84.4 Å². The van der Waals surface area contributed by atoms with E-state index < -0.39 is 28.5 Å². The molecule has 0 heterocycles. The Morgan fingerprint density at radius 1 is 0.895 bits per heavy atom. The van der Waals surface area contributed by atoms with Crippen LogP contribution >= 0.6 is 0 Å². The monoisotopic (exact) mass is 539 g/mol. The van der Waals surface area contributed by atoms with Crippen molar-refractivity contribution in [2.75, 3.05) is 31.6 Å². The largest absolute Gasteiger partial charge is 0.497 e. The van der Waals surface area contributed by atoms with Crippen LogP contribution in [0.25, 0.3) is 0 Å². The molecule has 0 saturated carbocycles. The molecule has 3 aromatic rings. The highest BCUT2D eigenvalue weighted by atomic mass is 32.2. The fourth-order valence-electron chi connectivity index (χ4n) is 3.87. The van der Waals surface area contributed by atoms with Gasteiger partial charge < -0.3 is 19.7 Å². The number of ether oxygens (including phenoxy) is 2. The van der Waals surface area contributed by atoms with Crippen molar-refractivity contribution in [3.8, 4) is 11.5 Å². The highest BCUT2D eigenvalue weighted by molar-refractivity contribution is 7.92. The molecule has 202 valence electrons. The van der Waals surface area contributed by atoms with Gasteiger partial charge in [0.1, 0.15) is 24.1 Å². The van der Waals surface area contributed by atoms with Crippen molar-refractivity contribution < 1.29 is 27.5 Å². The maximum Gasteiger partial charge on any atom is 0.264 e. The van der Waals surface area contributed by atoms with Crippen LogP contribution in [-0.4, -0.2) is 58.5 Å². The summed E-state index contributed by atoms with van der Waals surface area (Å²) in [7, 11) is -1.10. The van der Waals surface area contributed by atoms with Gasteiger partial charge in [-0.25, -0.2) is 8.42 Å². The van der Waals surface area contributed by atoms with Gasteiger partial charge in [-0.3, -0.25) is 13.9 Å². The van der Waals surface area contributed by atoms with E-state index in [4.69, 9.17) is 9.47 Å². The fourth-order valence-corrected chi connectivity index (χ4v) is 5.28. The average molecular weight is 540 g/mol. The Morgan fingerprint density at radius 2 is 1.55 bits per heavy atom. The Hall–Kier alpha value is -4.05. The molecule has 0 radical (unpaired) electrons. The van der Waals surface area contributed by atoms with Crippen LogP contribution in [0.2, 0.25) is 0 Å². The van der Waals surface area contributed by atoms with Crippen LogP contribution in [-0.2, 0) is 26.2 Å².